The quantitative estimate of drug-likeness (QED) is 0.885. The van der Waals surface area contributed by atoms with Gasteiger partial charge in [-0.25, -0.2) is 4.79 Å². The van der Waals surface area contributed by atoms with E-state index in [-0.39, 0.29) is 6.54 Å². The average Bonchev–Trinajstić information content (AvgIpc) is 2.96. The summed E-state index contributed by atoms with van der Waals surface area (Å²) in [6.45, 7) is 5.63. The zero-order valence-electron chi connectivity index (χ0n) is 14.2. The summed E-state index contributed by atoms with van der Waals surface area (Å²) in [4.78, 5) is 23.7. The smallest absolute Gasteiger partial charge is 0.407 e. The van der Waals surface area contributed by atoms with Crippen molar-refractivity contribution in [3.63, 3.8) is 0 Å². The summed E-state index contributed by atoms with van der Waals surface area (Å²) >= 11 is 0. The number of carboxylic acid groups (broad SMARTS) is 1. The largest absolute Gasteiger partial charge is 0.481 e. The van der Waals surface area contributed by atoms with Crippen molar-refractivity contribution in [1.82, 2.24) is 5.32 Å². The molecule has 0 aromatic heterocycles. The third-order valence-electron chi connectivity index (χ3n) is 4.63. The number of aliphatic carboxylic acids is 1. The average molecular weight is 333 g/mol. The Kier molecular flexibility index (Phi) is 3.83. The van der Waals surface area contributed by atoms with Crippen LogP contribution in [0.3, 0.4) is 0 Å². The molecule has 6 heteroatoms. The van der Waals surface area contributed by atoms with Gasteiger partial charge >= 0.3 is 12.1 Å². The molecule has 0 radical (unpaired) electrons. The van der Waals surface area contributed by atoms with E-state index in [1.54, 1.807) is 20.8 Å². The number of hydrogen-bond acceptors (Lipinski definition) is 4. The van der Waals surface area contributed by atoms with Gasteiger partial charge < -0.3 is 19.9 Å². The number of hydrogen-bond donors (Lipinski definition) is 2. The van der Waals surface area contributed by atoms with Crippen molar-refractivity contribution in [3.8, 4) is 0 Å². The van der Waals surface area contributed by atoms with E-state index in [2.05, 4.69) is 5.32 Å². The van der Waals surface area contributed by atoms with Gasteiger partial charge in [-0.15, -0.1) is 0 Å². The fourth-order valence-corrected chi connectivity index (χ4v) is 3.72. The van der Waals surface area contributed by atoms with E-state index < -0.39 is 34.8 Å². The molecule has 1 unspecified atom stereocenters. The maximum Gasteiger partial charge on any atom is 0.407 e. The number of carbonyl (C=O) groups excluding carboxylic acids is 1. The first-order chi connectivity index (χ1) is 11.2. The Morgan fingerprint density at radius 1 is 1.29 bits per heavy atom. The number of nitrogens with one attached hydrogen (secondary N) is 1. The topological polar surface area (TPSA) is 84.9 Å². The fourth-order valence-electron chi connectivity index (χ4n) is 3.72. The summed E-state index contributed by atoms with van der Waals surface area (Å²) in [5, 5.41) is 12.4. The lowest BCUT2D eigenvalue weighted by Crippen LogP contribution is -2.54. The summed E-state index contributed by atoms with van der Waals surface area (Å²) in [6, 6.07) is 9.39. The molecule has 2 bridgehead atoms. The molecular formula is C18H23NO5. The van der Waals surface area contributed by atoms with Crippen LogP contribution < -0.4 is 5.32 Å². The predicted molar refractivity (Wildman–Crippen MR) is 86.5 cm³/mol. The highest BCUT2D eigenvalue weighted by molar-refractivity contribution is 5.79. The van der Waals surface area contributed by atoms with Crippen LogP contribution in [0.2, 0.25) is 0 Å². The molecule has 1 saturated carbocycles. The molecule has 4 rings (SSSR count). The molecule has 1 aromatic rings. The number of benzene rings is 1. The Bertz CT molecular complexity index is 643. The SMILES string of the molecule is CC(C)(C)OC(=O)NCC12CC(C(=O)O)(C1)C(c1ccccc1)O2. The molecule has 2 heterocycles. The Hall–Kier alpha value is -2.08. The van der Waals surface area contributed by atoms with Crippen LogP contribution in [0.4, 0.5) is 4.79 Å². The van der Waals surface area contributed by atoms with Gasteiger partial charge in [-0.2, -0.15) is 0 Å². The van der Waals surface area contributed by atoms with Crippen molar-refractivity contribution in [2.45, 2.75) is 50.9 Å². The van der Waals surface area contributed by atoms with Gasteiger partial charge in [0.2, 0.25) is 0 Å². The van der Waals surface area contributed by atoms with Gasteiger partial charge in [0.1, 0.15) is 11.0 Å². The van der Waals surface area contributed by atoms with Gasteiger partial charge in [0, 0.05) is 0 Å². The highest BCUT2D eigenvalue weighted by Gasteiger charge is 2.72. The highest BCUT2D eigenvalue weighted by Crippen LogP contribution is 2.67. The molecule has 3 aliphatic rings. The van der Waals surface area contributed by atoms with E-state index in [1.807, 2.05) is 30.3 Å². The number of alkyl carbamates (subject to hydrolysis) is 1. The first kappa shape index (κ1) is 16.8. The van der Waals surface area contributed by atoms with Crippen molar-refractivity contribution in [2.24, 2.45) is 5.41 Å². The van der Waals surface area contributed by atoms with Crippen LogP contribution in [0, 0.1) is 5.41 Å². The normalized spacial score (nSPS) is 31.2. The summed E-state index contributed by atoms with van der Waals surface area (Å²) in [5.41, 5.74) is -1.25. The van der Waals surface area contributed by atoms with E-state index in [9.17, 15) is 14.7 Å². The van der Waals surface area contributed by atoms with Crippen molar-refractivity contribution < 1.29 is 24.2 Å². The van der Waals surface area contributed by atoms with Crippen molar-refractivity contribution in [3.05, 3.63) is 35.9 Å². The summed E-state index contributed by atoms with van der Waals surface area (Å²) in [7, 11) is 0. The van der Waals surface area contributed by atoms with Gasteiger partial charge in [0.05, 0.1) is 18.2 Å². The molecule has 1 amide bonds. The lowest BCUT2D eigenvalue weighted by molar-refractivity contribution is -0.155. The van der Waals surface area contributed by atoms with Crippen LogP contribution in [0.5, 0.6) is 0 Å². The van der Waals surface area contributed by atoms with Gasteiger partial charge in [0.25, 0.3) is 0 Å². The Balaban J connectivity index is 1.70. The Morgan fingerprint density at radius 2 is 1.92 bits per heavy atom. The maximum absolute atomic E-state index is 11.8. The molecule has 0 spiro atoms. The van der Waals surface area contributed by atoms with Crippen LogP contribution in [-0.2, 0) is 14.3 Å². The van der Waals surface area contributed by atoms with Crippen molar-refractivity contribution in [1.29, 1.82) is 0 Å². The van der Waals surface area contributed by atoms with E-state index in [4.69, 9.17) is 9.47 Å². The lowest BCUT2D eigenvalue weighted by atomic mass is 9.59. The van der Waals surface area contributed by atoms with Gasteiger partial charge in [0.15, 0.2) is 0 Å². The third kappa shape index (κ3) is 2.86. The Labute approximate surface area is 141 Å². The molecule has 6 nitrogen and oxygen atoms in total. The van der Waals surface area contributed by atoms with Crippen molar-refractivity contribution in [2.75, 3.05) is 6.54 Å². The number of rotatable bonds is 4. The highest BCUT2D eigenvalue weighted by atomic mass is 16.6. The van der Waals surface area contributed by atoms with Crippen molar-refractivity contribution >= 4 is 12.1 Å². The summed E-state index contributed by atoms with van der Waals surface area (Å²) < 4.78 is 11.3. The molecule has 1 aliphatic carbocycles. The molecular weight excluding hydrogens is 310 g/mol. The molecule has 3 fully saturated rings. The van der Waals surface area contributed by atoms with E-state index in [0.717, 1.165) is 5.56 Å². The van der Waals surface area contributed by atoms with Crippen LogP contribution in [0.25, 0.3) is 0 Å². The molecule has 1 atom stereocenters. The first-order valence-corrected chi connectivity index (χ1v) is 8.09. The second-order valence-electron chi connectivity index (χ2n) is 7.76. The van der Waals surface area contributed by atoms with E-state index in [1.165, 1.54) is 0 Å². The fraction of sp³-hybridized carbons (Fsp3) is 0.556. The van der Waals surface area contributed by atoms with Crippen LogP contribution in [0.1, 0.15) is 45.3 Å². The summed E-state index contributed by atoms with van der Waals surface area (Å²) in [5.74, 6) is -0.846. The third-order valence-corrected chi connectivity index (χ3v) is 4.63. The summed E-state index contributed by atoms with van der Waals surface area (Å²) in [6.07, 6.45) is -0.219. The number of carbonyl (C=O) groups is 2. The number of amides is 1. The van der Waals surface area contributed by atoms with Gasteiger partial charge in [-0.3, -0.25) is 4.79 Å². The van der Waals surface area contributed by atoms with Crippen LogP contribution in [-0.4, -0.2) is 34.9 Å². The number of fused-ring (bicyclic) bond motifs is 1. The van der Waals surface area contributed by atoms with E-state index in [0.29, 0.717) is 12.8 Å². The lowest BCUT2D eigenvalue weighted by Gasteiger charge is -2.42. The zero-order valence-corrected chi connectivity index (χ0v) is 14.2. The monoisotopic (exact) mass is 333 g/mol. The molecule has 24 heavy (non-hydrogen) atoms. The first-order valence-electron chi connectivity index (χ1n) is 8.09. The number of carboxylic acids is 1. The standard InChI is InChI=1S/C18H23NO5/c1-16(2,3)24-15(22)19-11-17-9-18(10-17,14(20)21)13(23-17)12-7-5-4-6-8-12/h4-8,13H,9-11H2,1-3H3,(H,19,22)(H,20,21). The zero-order chi connectivity index (χ0) is 17.6. The molecule has 130 valence electrons. The second-order valence-corrected chi connectivity index (χ2v) is 7.76. The Morgan fingerprint density at radius 3 is 2.46 bits per heavy atom. The molecule has 2 saturated heterocycles. The maximum atomic E-state index is 11.8. The second kappa shape index (κ2) is 5.48. The number of ether oxygens (including phenoxy) is 2. The van der Waals surface area contributed by atoms with Crippen LogP contribution in [0.15, 0.2) is 30.3 Å². The van der Waals surface area contributed by atoms with E-state index >= 15 is 0 Å². The molecule has 2 aliphatic heterocycles. The van der Waals surface area contributed by atoms with Gasteiger partial charge in [-0.1, -0.05) is 30.3 Å². The minimum atomic E-state index is -0.906. The van der Waals surface area contributed by atoms with Crippen LogP contribution >= 0.6 is 0 Å². The van der Waals surface area contributed by atoms with Gasteiger partial charge in [-0.05, 0) is 39.2 Å². The predicted octanol–water partition coefficient (Wildman–Crippen LogP) is 2.89. The molecule has 2 N–H and O–H groups in total. The minimum Gasteiger partial charge on any atom is -0.481 e. The molecule has 1 aromatic carbocycles. The minimum absolute atomic E-state index is 0.250.